The minimum atomic E-state index is -3.91. The summed E-state index contributed by atoms with van der Waals surface area (Å²) in [7, 11) is 0. The van der Waals surface area contributed by atoms with Crippen molar-refractivity contribution in [1.29, 1.82) is 0 Å². The number of cyclic esters (lactones) is 1. The Hall–Kier alpha value is -6.00. The van der Waals surface area contributed by atoms with Gasteiger partial charge in [-0.2, -0.15) is 0 Å². The van der Waals surface area contributed by atoms with Gasteiger partial charge in [0.1, 0.15) is 42.4 Å². The number of ether oxygens (including phenoxy) is 1. The number of carbonyl (C=O) groups is 10. The lowest BCUT2D eigenvalue weighted by molar-refractivity contribution is -0.193. The van der Waals surface area contributed by atoms with Gasteiger partial charge in [-0.1, -0.05) is 71.9 Å². The molecule has 362 valence electrons. The van der Waals surface area contributed by atoms with E-state index in [1.54, 1.807) is 71.9 Å². The van der Waals surface area contributed by atoms with Crippen molar-refractivity contribution in [2.24, 2.45) is 23.5 Å². The molecular formula is C43H66N8O14. The van der Waals surface area contributed by atoms with Gasteiger partial charge < -0.3 is 63.0 Å². The Morgan fingerprint density at radius 2 is 1.29 bits per heavy atom. The van der Waals surface area contributed by atoms with Gasteiger partial charge in [0.25, 0.3) is 5.91 Å². The van der Waals surface area contributed by atoms with Crippen molar-refractivity contribution in [2.75, 3.05) is 0 Å². The Morgan fingerprint density at radius 1 is 0.738 bits per heavy atom. The normalized spacial score (nSPS) is 23.9. The van der Waals surface area contributed by atoms with Crippen LogP contribution >= 0.6 is 0 Å². The fourth-order valence-electron chi connectivity index (χ4n) is 6.67. The molecule has 1 aromatic rings. The first-order valence-electron chi connectivity index (χ1n) is 21.5. The molecule has 9 atom stereocenters. The molecule has 22 nitrogen and oxygen atoms in total. The molecule has 1 fully saturated rings. The number of carbonyl (C=O) groups excluding carboxylic acids is 10. The Morgan fingerprint density at radius 3 is 1.83 bits per heavy atom. The number of hydrogen-bond acceptors (Lipinski definition) is 14. The molecule has 0 aliphatic carbocycles. The molecule has 1 aromatic carbocycles. The number of aliphatic hydroxyl groups excluding tert-OH is 1. The molecule has 8 amide bonds. The van der Waals surface area contributed by atoms with Crippen LogP contribution in [0.1, 0.15) is 93.6 Å². The van der Waals surface area contributed by atoms with Crippen LogP contribution < -0.4 is 43.0 Å². The van der Waals surface area contributed by atoms with Crippen molar-refractivity contribution in [1.82, 2.24) is 37.2 Å². The van der Waals surface area contributed by atoms with Gasteiger partial charge in [0.2, 0.25) is 47.1 Å². The van der Waals surface area contributed by atoms with Gasteiger partial charge in [-0.3, -0.25) is 43.2 Å². The standard InChI is InChI=1S/C43H66N8O14/c1-20(2)15-27-35(55)43(63,64)42(62)49-28(16-21(3)4)37(57)48-30(19-31(44)53)36(56)45-23(7)41(61)65-25(9)34(40(60)47-27)51-39(59)33(24(8)52)50-38(58)29(46-32(54)17-22(5)6)18-26-13-11-10-12-14-26/h10-14,20-25,27-30,33-34,52,63-64H,15-19H2,1-9H3,(H2,44,53)(H,45,56)(H,46,54)(H,47,60)(H,48,57)(H,49,62)(H,50,58)(H,51,59)/t23-,24?,25?,27?,28+,29+,30+,33+,34+/m1/s1. The summed E-state index contributed by atoms with van der Waals surface area (Å²) in [6.45, 7) is 13.5. The molecule has 0 bridgehead atoms. The summed E-state index contributed by atoms with van der Waals surface area (Å²) in [4.78, 5) is 135. The monoisotopic (exact) mass is 918 g/mol. The van der Waals surface area contributed by atoms with E-state index in [1.807, 2.05) is 0 Å². The minimum Gasteiger partial charge on any atom is -0.458 e. The van der Waals surface area contributed by atoms with Crippen molar-refractivity contribution in [3.63, 3.8) is 0 Å². The van der Waals surface area contributed by atoms with Gasteiger partial charge in [0, 0.05) is 12.8 Å². The number of hydrogen-bond donors (Lipinski definition) is 11. The van der Waals surface area contributed by atoms with Crippen molar-refractivity contribution < 1.29 is 68.0 Å². The SMILES string of the molecule is CC(C)CC(=O)N[C@@H](Cc1ccccc1)C(=O)N[C@H](C(=O)N[C@@H]1C(=O)NC(CC(C)C)C(=O)C(O)(O)C(=O)N[C@@H](CC(C)C)C(=O)N[C@@H](CC(N)=O)C(=O)N[C@H](C)C(=O)OC1C)C(C)O. The van der Waals surface area contributed by atoms with Crippen LogP contribution in [0, 0.1) is 17.8 Å². The first kappa shape index (κ1) is 55.1. The Kier molecular flexibility index (Phi) is 21.1. The molecule has 2 rings (SSSR count). The van der Waals surface area contributed by atoms with E-state index in [9.17, 15) is 63.3 Å². The lowest BCUT2D eigenvalue weighted by atomic mass is 9.93. The summed E-state index contributed by atoms with van der Waals surface area (Å²) >= 11 is 0. The van der Waals surface area contributed by atoms with E-state index >= 15 is 0 Å². The fourth-order valence-corrected chi connectivity index (χ4v) is 6.67. The van der Waals surface area contributed by atoms with Gasteiger partial charge in [-0.05, 0) is 56.9 Å². The molecular weight excluding hydrogens is 853 g/mol. The molecule has 0 spiro atoms. The summed E-state index contributed by atoms with van der Waals surface area (Å²) in [6, 6.07) is -3.30. The zero-order chi connectivity index (χ0) is 49.5. The van der Waals surface area contributed by atoms with Crippen LogP contribution in [0.4, 0.5) is 0 Å². The molecule has 1 aliphatic heterocycles. The van der Waals surface area contributed by atoms with Crippen LogP contribution in [0.5, 0.6) is 0 Å². The second-order valence-electron chi connectivity index (χ2n) is 17.6. The molecule has 12 N–H and O–H groups in total. The molecule has 1 saturated heterocycles. The van der Waals surface area contributed by atoms with Gasteiger partial charge in [0.15, 0.2) is 0 Å². The van der Waals surface area contributed by atoms with Gasteiger partial charge in [0.05, 0.1) is 18.6 Å². The quantitative estimate of drug-likeness (QED) is 0.0455. The zero-order valence-corrected chi connectivity index (χ0v) is 38.3. The number of amides is 8. The second-order valence-corrected chi connectivity index (χ2v) is 17.6. The topological polar surface area (TPSA) is 351 Å². The van der Waals surface area contributed by atoms with E-state index in [0.29, 0.717) is 5.56 Å². The number of esters is 1. The lowest BCUT2D eigenvalue weighted by Gasteiger charge is -2.32. The van der Waals surface area contributed by atoms with Crippen molar-refractivity contribution in [2.45, 2.75) is 155 Å². The molecule has 1 aliphatic rings. The van der Waals surface area contributed by atoms with Crippen molar-refractivity contribution >= 4 is 59.0 Å². The highest BCUT2D eigenvalue weighted by molar-refractivity contribution is 6.11. The predicted octanol–water partition coefficient (Wildman–Crippen LogP) is -2.77. The summed E-state index contributed by atoms with van der Waals surface area (Å²) in [5, 5.41) is 49.2. The van der Waals surface area contributed by atoms with E-state index in [1.165, 1.54) is 0 Å². The van der Waals surface area contributed by atoms with E-state index in [-0.39, 0.29) is 37.5 Å². The number of Topliss-reactive ketones (excluding diaryl/α,β-unsaturated/α-hetero) is 1. The van der Waals surface area contributed by atoms with Crippen molar-refractivity contribution in [3.8, 4) is 0 Å². The summed E-state index contributed by atoms with van der Waals surface area (Å²) in [5.41, 5.74) is 5.98. The zero-order valence-electron chi connectivity index (χ0n) is 38.3. The van der Waals surface area contributed by atoms with Crippen LogP contribution in [0.15, 0.2) is 30.3 Å². The smallest absolute Gasteiger partial charge is 0.328 e. The second kappa shape index (κ2) is 24.9. The van der Waals surface area contributed by atoms with Crippen LogP contribution in [0.25, 0.3) is 0 Å². The minimum absolute atomic E-state index is 0.0219. The highest BCUT2D eigenvalue weighted by Crippen LogP contribution is 2.17. The molecule has 0 aromatic heterocycles. The number of benzene rings is 1. The number of nitrogens with two attached hydrogens (primary N) is 1. The Bertz CT molecular complexity index is 1890. The van der Waals surface area contributed by atoms with Crippen molar-refractivity contribution in [3.05, 3.63) is 35.9 Å². The Labute approximate surface area is 377 Å². The van der Waals surface area contributed by atoms with E-state index in [0.717, 1.165) is 20.8 Å². The first-order chi connectivity index (χ1) is 30.1. The third-order valence-corrected chi connectivity index (χ3v) is 10.0. The number of primary amides is 1. The lowest BCUT2D eigenvalue weighted by Crippen LogP contribution is -2.65. The average Bonchev–Trinajstić information content (AvgIpc) is 3.19. The van der Waals surface area contributed by atoms with Gasteiger partial charge in [-0.15, -0.1) is 0 Å². The first-order valence-corrected chi connectivity index (χ1v) is 21.5. The Balaban J connectivity index is 2.66. The molecule has 0 saturated carbocycles. The molecule has 22 heteroatoms. The number of ketones is 1. The number of nitrogens with one attached hydrogen (secondary N) is 7. The maximum Gasteiger partial charge on any atom is 0.328 e. The average molecular weight is 919 g/mol. The fraction of sp³-hybridized carbons (Fsp3) is 0.628. The van der Waals surface area contributed by atoms with Gasteiger partial charge >= 0.3 is 11.8 Å². The van der Waals surface area contributed by atoms with Crippen LogP contribution in [0.3, 0.4) is 0 Å². The predicted molar refractivity (Wildman–Crippen MR) is 231 cm³/mol. The highest BCUT2D eigenvalue weighted by Gasteiger charge is 2.48. The number of aliphatic hydroxyl groups is 3. The summed E-state index contributed by atoms with van der Waals surface area (Å²) in [6.07, 6.45) is -4.65. The number of rotatable bonds is 16. The molecule has 0 radical (unpaired) electrons. The van der Waals surface area contributed by atoms with E-state index in [4.69, 9.17) is 10.5 Å². The van der Waals surface area contributed by atoms with E-state index < -0.39 is 132 Å². The molecule has 3 unspecified atom stereocenters. The highest BCUT2D eigenvalue weighted by atomic mass is 16.5. The molecule has 1 heterocycles. The van der Waals surface area contributed by atoms with Crippen LogP contribution in [0.2, 0.25) is 0 Å². The maximum absolute atomic E-state index is 14.2. The third kappa shape index (κ3) is 17.5. The maximum atomic E-state index is 14.2. The summed E-state index contributed by atoms with van der Waals surface area (Å²) in [5.74, 6) is -16.7. The van der Waals surface area contributed by atoms with Gasteiger partial charge in [-0.25, -0.2) is 4.79 Å². The summed E-state index contributed by atoms with van der Waals surface area (Å²) < 4.78 is 5.49. The van der Waals surface area contributed by atoms with Crippen LogP contribution in [-0.4, -0.2) is 135 Å². The molecule has 65 heavy (non-hydrogen) atoms. The van der Waals surface area contributed by atoms with Crippen LogP contribution in [-0.2, 0) is 59.1 Å². The largest absolute Gasteiger partial charge is 0.458 e. The van der Waals surface area contributed by atoms with E-state index in [2.05, 4.69) is 37.2 Å². The third-order valence-electron chi connectivity index (χ3n) is 10.0.